The molecule has 0 fully saturated rings. The molecule has 1 aromatic rings. The maximum atomic E-state index is 5.29. The van der Waals surface area contributed by atoms with Crippen molar-refractivity contribution < 1.29 is 19.6 Å². The zero-order valence-electron chi connectivity index (χ0n) is 13.3. The summed E-state index contributed by atoms with van der Waals surface area (Å²) in [5.41, 5.74) is 1.16. The molecule has 0 aliphatic rings. The Labute approximate surface area is 128 Å². The second-order valence-corrected chi connectivity index (χ2v) is 5.03. The monoisotopic (exact) mass is 296 g/mol. The van der Waals surface area contributed by atoms with Gasteiger partial charge in [0, 0.05) is 5.92 Å². The summed E-state index contributed by atoms with van der Waals surface area (Å²) in [6.45, 7) is 6.43. The fourth-order valence-corrected chi connectivity index (χ4v) is 1.75. The first-order valence-electron chi connectivity index (χ1n) is 7.92. The van der Waals surface area contributed by atoms with E-state index in [2.05, 4.69) is 26.0 Å². The van der Waals surface area contributed by atoms with Gasteiger partial charge in [0.2, 0.25) is 0 Å². The van der Waals surface area contributed by atoms with E-state index >= 15 is 0 Å². The van der Waals surface area contributed by atoms with Crippen LogP contribution < -0.4 is 0 Å². The predicted octanol–water partition coefficient (Wildman–Crippen LogP) is 4.27. The molecule has 0 unspecified atom stereocenters. The second-order valence-electron chi connectivity index (χ2n) is 5.03. The predicted molar refractivity (Wildman–Crippen MR) is 82.8 cm³/mol. The Kier molecular flexibility index (Phi) is 11.0. The molecular weight excluding hydrogens is 268 g/mol. The fourth-order valence-electron chi connectivity index (χ4n) is 1.75. The summed E-state index contributed by atoms with van der Waals surface area (Å²) in [6, 6.07) is 10.2. The molecule has 0 saturated carbocycles. The van der Waals surface area contributed by atoms with Gasteiger partial charge < -0.3 is 0 Å². The minimum absolute atomic E-state index is 0.106. The summed E-state index contributed by atoms with van der Waals surface area (Å²) < 4.78 is 0. The Morgan fingerprint density at radius 1 is 0.762 bits per heavy atom. The maximum Gasteiger partial charge on any atom is 0.0914 e. The summed E-state index contributed by atoms with van der Waals surface area (Å²) in [5, 5.41) is 0. The van der Waals surface area contributed by atoms with Gasteiger partial charge in [-0.15, -0.1) is 0 Å². The Hall–Kier alpha value is -0.940. The van der Waals surface area contributed by atoms with Crippen LogP contribution in [-0.2, 0) is 19.6 Å². The van der Waals surface area contributed by atoms with Gasteiger partial charge in [-0.25, -0.2) is 19.6 Å². The highest BCUT2D eigenvalue weighted by atomic mass is 17.2. The van der Waals surface area contributed by atoms with Gasteiger partial charge in [-0.3, -0.25) is 0 Å². The third kappa shape index (κ3) is 8.83. The average Bonchev–Trinajstić information content (AvgIpc) is 2.53. The smallest absolute Gasteiger partial charge is 0.0914 e. The van der Waals surface area contributed by atoms with Crippen molar-refractivity contribution in [2.24, 2.45) is 0 Å². The molecular formula is C17H28O4. The van der Waals surface area contributed by atoms with Gasteiger partial charge in [0.25, 0.3) is 0 Å². The van der Waals surface area contributed by atoms with Crippen molar-refractivity contribution in [1.82, 2.24) is 0 Å². The molecule has 1 aromatic carbocycles. The molecule has 21 heavy (non-hydrogen) atoms. The molecule has 0 spiro atoms. The van der Waals surface area contributed by atoms with E-state index in [-0.39, 0.29) is 5.92 Å². The van der Waals surface area contributed by atoms with Crippen LogP contribution >= 0.6 is 0 Å². The molecule has 1 rings (SSSR count). The summed E-state index contributed by atoms with van der Waals surface area (Å²) in [6.07, 6.45) is 4.21. The molecule has 0 amide bonds. The van der Waals surface area contributed by atoms with Crippen molar-refractivity contribution in [3.05, 3.63) is 35.9 Å². The molecule has 0 N–H and O–H groups in total. The van der Waals surface area contributed by atoms with Crippen molar-refractivity contribution in [2.45, 2.75) is 45.4 Å². The number of hydrogen-bond donors (Lipinski definition) is 0. The van der Waals surface area contributed by atoms with E-state index < -0.39 is 0 Å². The van der Waals surface area contributed by atoms with Gasteiger partial charge >= 0.3 is 0 Å². The van der Waals surface area contributed by atoms with E-state index in [1.807, 2.05) is 18.2 Å². The topological polar surface area (TPSA) is 36.9 Å². The van der Waals surface area contributed by atoms with Gasteiger partial charge in [-0.05, 0) is 18.4 Å². The van der Waals surface area contributed by atoms with Crippen LogP contribution in [0.1, 0.15) is 51.0 Å². The van der Waals surface area contributed by atoms with Crippen LogP contribution in [0.2, 0.25) is 0 Å². The summed E-state index contributed by atoms with van der Waals surface area (Å²) in [4.78, 5) is 20.9. The molecule has 0 aromatic heterocycles. The van der Waals surface area contributed by atoms with Crippen LogP contribution in [0.4, 0.5) is 0 Å². The Morgan fingerprint density at radius 3 is 1.76 bits per heavy atom. The highest BCUT2D eigenvalue weighted by molar-refractivity contribution is 5.19. The first-order chi connectivity index (χ1) is 10.4. The van der Waals surface area contributed by atoms with Gasteiger partial charge in [-0.2, -0.15) is 0 Å². The molecule has 0 saturated heterocycles. The van der Waals surface area contributed by atoms with Gasteiger partial charge in [0.05, 0.1) is 26.4 Å². The minimum Gasteiger partial charge on any atom is -0.237 e. The zero-order valence-corrected chi connectivity index (χ0v) is 13.3. The Bertz CT molecular complexity index is 315. The van der Waals surface area contributed by atoms with E-state index in [0.29, 0.717) is 26.4 Å². The molecule has 0 aliphatic carbocycles. The highest BCUT2D eigenvalue weighted by Crippen LogP contribution is 2.17. The average molecular weight is 296 g/mol. The van der Waals surface area contributed by atoms with Crippen LogP contribution in [0.5, 0.6) is 0 Å². The van der Waals surface area contributed by atoms with Crippen LogP contribution in [0.15, 0.2) is 30.3 Å². The van der Waals surface area contributed by atoms with Crippen molar-refractivity contribution >= 4 is 0 Å². The number of benzene rings is 1. The van der Waals surface area contributed by atoms with E-state index in [1.54, 1.807) is 0 Å². The van der Waals surface area contributed by atoms with Crippen LogP contribution in [0.25, 0.3) is 0 Å². The molecule has 120 valence electrons. The summed E-state index contributed by atoms with van der Waals surface area (Å²) >= 11 is 0. The molecule has 0 heterocycles. The van der Waals surface area contributed by atoms with Crippen LogP contribution in [0.3, 0.4) is 0 Å². The van der Waals surface area contributed by atoms with E-state index in [4.69, 9.17) is 19.6 Å². The number of rotatable bonds is 13. The molecule has 0 aliphatic heterocycles. The standard InChI is InChI=1S/C17H28O4/c1-3-5-12-18-20-14-17(15-21-19-13-6-4-2)16-10-8-7-9-11-16/h7-11,17H,3-6,12-15H2,1-2H3. The number of hydrogen-bond acceptors (Lipinski definition) is 4. The molecule has 4 nitrogen and oxygen atoms in total. The quantitative estimate of drug-likeness (QED) is 0.309. The van der Waals surface area contributed by atoms with Crippen LogP contribution in [-0.4, -0.2) is 26.4 Å². The molecule has 0 bridgehead atoms. The van der Waals surface area contributed by atoms with Crippen molar-refractivity contribution in [3.8, 4) is 0 Å². The SMILES string of the molecule is CCCCOOCC(COOCCCC)c1ccccc1. The zero-order chi connectivity index (χ0) is 15.2. The highest BCUT2D eigenvalue weighted by Gasteiger charge is 2.13. The van der Waals surface area contributed by atoms with Gasteiger partial charge in [-0.1, -0.05) is 57.0 Å². The lowest BCUT2D eigenvalue weighted by Crippen LogP contribution is -2.15. The fraction of sp³-hybridized carbons (Fsp3) is 0.647. The molecule has 0 atom stereocenters. The van der Waals surface area contributed by atoms with E-state index in [0.717, 1.165) is 31.2 Å². The lowest BCUT2D eigenvalue weighted by molar-refractivity contribution is -0.319. The lowest BCUT2D eigenvalue weighted by Gasteiger charge is -2.16. The maximum absolute atomic E-state index is 5.29. The minimum atomic E-state index is 0.106. The normalized spacial score (nSPS) is 11.2. The second kappa shape index (κ2) is 12.8. The number of unbranched alkanes of at least 4 members (excludes halogenated alkanes) is 2. The third-order valence-corrected chi connectivity index (χ3v) is 3.14. The summed E-state index contributed by atoms with van der Waals surface area (Å²) in [5.74, 6) is 0.106. The van der Waals surface area contributed by atoms with Gasteiger partial charge in [0.1, 0.15) is 0 Å². The van der Waals surface area contributed by atoms with Crippen molar-refractivity contribution in [3.63, 3.8) is 0 Å². The Balaban J connectivity index is 2.32. The summed E-state index contributed by atoms with van der Waals surface area (Å²) in [7, 11) is 0. The van der Waals surface area contributed by atoms with Gasteiger partial charge in [0.15, 0.2) is 0 Å². The Morgan fingerprint density at radius 2 is 1.29 bits per heavy atom. The van der Waals surface area contributed by atoms with Crippen molar-refractivity contribution in [1.29, 1.82) is 0 Å². The van der Waals surface area contributed by atoms with E-state index in [9.17, 15) is 0 Å². The van der Waals surface area contributed by atoms with Crippen molar-refractivity contribution in [2.75, 3.05) is 26.4 Å². The first kappa shape index (κ1) is 18.1. The molecule has 4 heteroatoms. The largest absolute Gasteiger partial charge is 0.237 e. The first-order valence-corrected chi connectivity index (χ1v) is 7.92. The lowest BCUT2D eigenvalue weighted by atomic mass is 10.0. The van der Waals surface area contributed by atoms with Crippen LogP contribution in [0, 0.1) is 0 Å². The van der Waals surface area contributed by atoms with E-state index in [1.165, 1.54) is 0 Å². The third-order valence-electron chi connectivity index (χ3n) is 3.14. The molecule has 0 radical (unpaired) electrons.